The first-order valence-electron chi connectivity index (χ1n) is 6.09. The first-order chi connectivity index (χ1) is 7.76. The lowest BCUT2D eigenvalue weighted by atomic mass is 10.1. The third-order valence-corrected chi connectivity index (χ3v) is 3.03. The summed E-state index contributed by atoms with van der Waals surface area (Å²) in [6.07, 6.45) is 2.13. The average molecular weight is 221 g/mol. The van der Waals surface area contributed by atoms with Gasteiger partial charge in [0.25, 0.3) is 0 Å². The highest BCUT2D eigenvalue weighted by Crippen LogP contribution is 2.05. The molecule has 0 heterocycles. The molecule has 0 spiro atoms. The molecule has 0 bridgehead atoms. The zero-order valence-corrected chi connectivity index (χ0v) is 10.4. The highest BCUT2D eigenvalue weighted by atomic mass is 16.3. The molecule has 0 fully saturated rings. The molecule has 2 nitrogen and oxygen atoms in total. The Morgan fingerprint density at radius 1 is 1.25 bits per heavy atom. The number of rotatable bonds is 7. The zero-order chi connectivity index (χ0) is 11.8. The highest BCUT2D eigenvalue weighted by Gasteiger charge is 2.08. The van der Waals surface area contributed by atoms with Crippen molar-refractivity contribution in [2.75, 3.05) is 26.7 Å². The molecule has 1 aromatic rings. The number of nitrogens with zero attached hydrogens (tertiary/aromatic N) is 1. The first kappa shape index (κ1) is 13.2. The highest BCUT2D eigenvalue weighted by molar-refractivity contribution is 5.14. The zero-order valence-electron chi connectivity index (χ0n) is 10.4. The quantitative estimate of drug-likeness (QED) is 0.763. The summed E-state index contributed by atoms with van der Waals surface area (Å²) in [7, 11) is 2.13. The van der Waals surface area contributed by atoms with Crippen molar-refractivity contribution in [1.82, 2.24) is 4.90 Å². The fourth-order valence-electron chi connectivity index (χ4n) is 1.81. The molecule has 0 aliphatic carbocycles. The van der Waals surface area contributed by atoms with Crippen molar-refractivity contribution in [3.8, 4) is 0 Å². The van der Waals surface area contributed by atoms with E-state index in [0.29, 0.717) is 12.5 Å². The fraction of sp³-hybridized carbons (Fsp3) is 0.571. The molecule has 1 atom stereocenters. The Morgan fingerprint density at radius 3 is 2.50 bits per heavy atom. The topological polar surface area (TPSA) is 23.5 Å². The van der Waals surface area contributed by atoms with E-state index >= 15 is 0 Å². The Hall–Kier alpha value is -0.860. The lowest BCUT2D eigenvalue weighted by Gasteiger charge is -2.21. The summed E-state index contributed by atoms with van der Waals surface area (Å²) < 4.78 is 0. The van der Waals surface area contributed by atoms with Gasteiger partial charge in [-0.3, -0.25) is 0 Å². The van der Waals surface area contributed by atoms with Crippen LogP contribution < -0.4 is 0 Å². The van der Waals surface area contributed by atoms with Gasteiger partial charge >= 0.3 is 0 Å². The summed E-state index contributed by atoms with van der Waals surface area (Å²) in [5.74, 6) is 0.417. The van der Waals surface area contributed by atoms with Crippen molar-refractivity contribution >= 4 is 0 Å². The predicted octanol–water partition coefficient (Wildman–Crippen LogP) is 2.18. The van der Waals surface area contributed by atoms with Crippen molar-refractivity contribution < 1.29 is 5.11 Å². The van der Waals surface area contributed by atoms with Crippen LogP contribution in [0.4, 0.5) is 0 Å². The molecule has 1 aromatic carbocycles. The molecule has 1 N–H and O–H groups in total. The minimum atomic E-state index is 0.298. The van der Waals surface area contributed by atoms with Crippen LogP contribution in [0.2, 0.25) is 0 Å². The number of benzene rings is 1. The van der Waals surface area contributed by atoms with E-state index in [4.69, 9.17) is 5.11 Å². The first-order valence-corrected chi connectivity index (χ1v) is 6.09. The molecule has 0 amide bonds. The van der Waals surface area contributed by atoms with Gasteiger partial charge in [0.05, 0.1) is 0 Å². The van der Waals surface area contributed by atoms with E-state index in [-0.39, 0.29) is 0 Å². The van der Waals surface area contributed by atoms with Crippen LogP contribution in [0.15, 0.2) is 30.3 Å². The van der Waals surface area contributed by atoms with Crippen molar-refractivity contribution in [3.63, 3.8) is 0 Å². The van der Waals surface area contributed by atoms with Crippen LogP contribution in [-0.2, 0) is 6.42 Å². The van der Waals surface area contributed by atoms with E-state index in [2.05, 4.69) is 43.1 Å². The van der Waals surface area contributed by atoms with Crippen LogP contribution in [0.3, 0.4) is 0 Å². The average Bonchev–Trinajstić information content (AvgIpc) is 2.34. The van der Waals surface area contributed by atoms with Gasteiger partial charge in [0.2, 0.25) is 0 Å². The molecule has 90 valence electrons. The number of aliphatic hydroxyl groups excluding tert-OH is 1. The standard InChI is InChI=1S/C14H23NO/c1-3-13(12-16)11-15(2)10-9-14-7-5-4-6-8-14/h4-8,13,16H,3,9-12H2,1-2H3. The van der Waals surface area contributed by atoms with Gasteiger partial charge in [-0.1, -0.05) is 37.3 Å². The Morgan fingerprint density at radius 2 is 1.94 bits per heavy atom. The van der Waals surface area contributed by atoms with Crippen LogP contribution in [-0.4, -0.2) is 36.8 Å². The third kappa shape index (κ3) is 4.77. The number of likely N-dealkylation sites (N-methyl/N-ethyl adjacent to an activating group) is 1. The second-order valence-corrected chi connectivity index (χ2v) is 4.45. The minimum Gasteiger partial charge on any atom is -0.396 e. The largest absolute Gasteiger partial charge is 0.396 e. The van der Waals surface area contributed by atoms with Crippen LogP contribution in [0.5, 0.6) is 0 Å². The van der Waals surface area contributed by atoms with Crippen LogP contribution in [0, 0.1) is 5.92 Å². The molecule has 0 radical (unpaired) electrons. The van der Waals surface area contributed by atoms with Gasteiger partial charge in [0.15, 0.2) is 0 Å². The summed E-state index contributed by atoms with van der Waals surface area (Å²) in [5, 5.41) is 9.13. The monoisotopic (exact) mass is 221 g/mol. The summed E-state index contributed by atoms with van der Waals surface area (Å²) in [6.45, 7) is 4.47. The summed E-state index contributed by atoms with van der Waals surface area (Å²) in [6, 6.07) is 10.5. The van der Waals surface area contributed by atoms with Crippen LogP contribution >= 0.6 is 0 Å². The van der Waals surface area contributed by atoms with Crippen molar-refractivity contribution in [2.45, 2.75) is 19.8 Å². The van der Waals surface area contributed by atoms with Crippen molar-refractivity contribution in [2.24, 2.45) is 5.92 Å². The van der Waals surface area contributed by atoms with Gasteiger partial charge in [-0.15, -0.1) is 0 Å². The maximum atomic E-state index is 9.13. The van der Waals surface area contributed by atoms with Crippen LogP contribution in [0.1, 0.15) is 18.9 Å². The van der Waals surface area contributed by atoms with Crippen molar-refractivity contribution in [1.29, 1.82) is 0 Å². The molecule has 2 heteroatoms. The number of aliphatic hydroxyl groups is 1. The molecule has 0 saturated carbocycles. The Labute approximate surface area is 98.9 Å². The smallest absolute Gasteiger partial charge is 0.0471 e. The molecule has 1 rings (SSSR count). The van der Waals surface area contributed by atoms with Gasteiger partial charge in [-0.25, -0.2) is 0 Å². The summed E-state index contributed by atoms with van der Waals surface area (Å²) in [4.78, 5) is 2.30. The third-order valence-electron chi connectivity index (χ3n) is 3.03. The summed E-state index contributed by atoms with van der Waals surface area (Å²) in [5.41, 5.74) is 1.38. The second-order valence-electron chi connectivity index (χ2n) is 4.45. The van der Waals surface area contributed by atoms with Gasteiger partial charge < -0.3 is 10.0 Å². The van der Waals surface area contributed by atoms with E-state index in [1.165, 1.54) is 5.56 Å². The Kier molecular flexibility index (Phi) is 6.12. The molecule has 0 aliphatic heterocycles. The lowest BCUT2D eigenvalue weighted by molar-refractivity contribution is 0.177. The van der Waals surface area contributed by atoms with Crippen LogP contribution in [0.25, 0.3) is 0 Å². The summed E-state index contributed by atoms with van der Waals surface area (Å²) >= 11 is 0. The molecule has 0 aliphatic rings. The fourth-order valence-corrected chi connectivity index (χ4v) is 1.81. The number of hydrogen-bond acceptors (Lipinski definition) is 2. The molecule has 0 saturated heterocycles. The Balaban J connectivity index is 2.27. The van der Waals surface area contributed by atoms with E-state index in [1.54, 1.807) is 0 Å². The van der Waals surface area contributed by atoms with E-state index in [0.717, 1.165) is 25.9 Å². The van der Waals surface area contributed by atoms with Gasteiger partial charge in [0, 0.05) is 19.7 Å². The molecule has 1 unspecified atom stereocenters. The molecular formula is C14H23NO. The van der Waals surface area contributed by atoms with Gasteiger partial charge in [-0.2, -0.15) is 0 Å². The molecule has 0 aromatic heterocycles. The van der Waals surface area contributed by atoms with E-state index < -0.39 is 0 Å². The second kappa shape index (κ2) is 7.42. The van der Waals surface area contributed by atoms with Crippen molar-refractivity contribution in [3.05, 3.63) is 35.9 Å². The Bertz CT molecular complexity index is 269. The predicted molar refractivity (Wildman–Crippen MR) is 68.5 cm³/mol. The van der Waals surface area contributed by atoms with E-state index in [9.17, 15) is 0 Å². The lowest BCUT2D eigenvalue weighted by Crippen LogP contribution is -2.29. The SMILES string of the molecule is CCC(CO)CN(C)CCc1ccccc1. The maximum absolute atomic E-state index is 9.13. The normalized spacial score (nSPS) is 13.0. The van der Waals surface area contributed by atoms with Gasteiger partial charge in [0.1, 0.15) is 0 Å². The van der Waals surface area contributed by atoms with Gasteiger partial charge in [-0.05, 0) is 31.4 Å². The minimum absolute atomic E-state index is 0.298. The van der Waals surface area contributed by atoms with E-state index in [1.807, 2.05) is 6.07 Å². The molecular weight excluding hydrogens is 198 g/mol. The number of hydrogen-bond donors (Lipinski definition) is 1. The molecule has 16 heavy (non-hydrogen) atoms. The maximum Gasteiger partial charge on any atom is 0.0471 e.